The van der Waals surface area contributed by atoms with Crippen LogP contribution in [0, 0.1) is 11.8 Å². The molecule has 1 saturated heterocycles. The van der Waals surface area contributed by atoms with Gasteiger partial charge in [0.25, 0.3) is 0 Å². The van der Waals surface area contributed by atoms with Crippen molar-refractivity contribution in [2.75, 3.05) is 4.90 Å². The number of amides is 1. The van der Waals surface area contributed by atoms with Crippen LogP contribution in [0.2, 0.25) is 5.02 Å². The molecule has 0 N–H and O–H groups in total. The lowest BCUT2D eigenvalue weighted by molar-refractivity contribution is -0.120. The van der Waals surface area contributed by atoms with E-state index in [0.717, 1.165) is 30.0 Å². The standard InChI is InChI=1S/C19H18ClNO/c20-14-11-9-13(10-12-14)18-16-7-4-8-17(16)19(22)21(18)15-5-2-1-3-6-15/h1-3,5-6,9-12,16-18H,4,7-8H2. The molecule has 22 heavy (non-hydrogen) atoms. The molecular weight excluding hydrogens is 294 g/mol. The number of anilines is 1. The van der Waals surface area contributed by atoms with Gasteiger partial charge >= 0.3 is 0 Å². The Kier molecular flexibility index (Phi) is 3.42. The predicted octanol–water partition coefficient (Wildman–Crippen LogP) is 4.84. The van der Waals surface area contributed by atoms with E-state index in [4.69, 9.17) is 11.6 Å². The van der Waals surface area contributed by atoms with Crippen LogP contribution in [0.1, 0.15) is 30.9 Å². The topological polar surface area (TPSA) is 20.3 Å². The van der Waals surface area contributed by atoms with Crippen LogP contribution in [0.25, 0.3) is 0 Å². The second kappa shape index (κ2) is 5.44. The van der Waals surface area contributed by atoms with Gasteiger partial charge in [-0.3, -0.25) is 4.79 Å². The summed E-state index contributed by atoms with van der Waals surface area (Å²) in [6.45, 7) is 0. The molecule has 0 spiro atoms. The summed E-state index contributed by atoms with van der Waals surface area (Å²) in [4.78, 5) is 14.9. The van der Waals surface area contributed by atoms with Crippen molar-refractivity contribution in [3.05, 3.63) is 65.2 Å². The van der Waals surface area contributed by atoms with Crippen LogP contribution in [0.5, 0.6) is 0 Å². The van der Waals surface area contributed by atoms with E-state index in [1.165, 1.54) is 5.56 Å². The summed E-state index contributed by atoms with van der Waals surface area (Å²) < 4.78 is 0. The monoisotopic (exact) mass is 311 g/mol. The molecule has 1 aliphatic carbocycles. The Morgan fingerprint density at radius 2 is 1.68 bits per heavy atom. The fourth-order valence-corrected chi connectivity index (χ4v) is 4.24. The predicted molar refractivity (Wildman–Crippen MR) is 89.0 cm³/mol. The summed E-state index contributed by atoms with van der Waals surface area (Å²) in [6.07, 6.45) is 3.32. The molecule has 2 fully saturated rings. The van der Waals surface area contributed by atoms with Crippen molar-refractivity contribution in [3.8, 4) is 0 Å². The minimum absolute atomic E-state index is 0.139. The van der Waals surface area contributed by atoms with Crippen LogP contribution in [0.3, 0.4) is 0 Å². The highest BCUT2D eigenvalue weighted by molar-refractivity contribution is 6.30. The van der Waals surface area contributed by atoms with Crippen molar-refractivity contribution in [1.29, 1.82) is 0 Å². The number of benzene rings is 2. The maximum atomic E-state index is 12.9. The van der Waals surface area contributed by atoms with E-state index in [9.17, 15) is 4.79 Å². The van der Waals surface area contributed by atoms with Crippen molar-refractivity contribution < 1.29 is 4.79 Å². The minimum atomic E-state index is 0.139. The van der Waals surface area contributed by atoms with Crippen LogP contribution >= 0.6 is 11.6 Å². The molecule has 1 aliphatic heterocycles. The number of halogens is 1. The van der Waals surface area contributed by atoms with E-state index in [1.54, 1.807) is 0 Å². The van der Waals surface area contributed by atoms with E-state index in [1.807, 2.05) is 47.4 Å². The largest absolute Gasteiger partial charge is 0.304 e. The Hall–Kier alpha value is -1.80. The van der Waals surface area contributed by atoms with Crippen LogP contribution in [-0.4, -0.2) is 5.91 Å². The third kappa shape index (κ3) is 2.14. The Labute approximate surface area is 135 Å². The smallest absolute Gasteiger partial charge is 0.231 e. The zero-order valence-electron chi connectivity index (χ0n) is 12.3. The van der Waals surface area contributed by atoms with Crippen molar-refractivity contribution in [1.82, 2.24) is 0 Å². The number of nitrogens with zero attached hydrogens (tertiary/aromatic N) is 1. The summed E-state index contributed by atoms with van der Waals surface area (Å²) in [5, 5.41) is 0.738. The van der Waals surface area contributed by atoms with E-state index in [2.05, 4.69) is 12.1 Å². The van der Waals surface area contributed by atoms with Gasteiger partial charge in [-0.05, 0) is 48.6 Å². The Morgan fingerprint density at radius 1 is 0.955 bits per heavy atom. The second-order valence-corrected chi connectivity index (χ2v) is 6.68. The zero-order valence-corrected chi connectivity index (χ0v) is 13.0. The van der Waals surface area contributed by atoms with Gasteiger partial charge in [0.05, 0.1) is 6.04 Å². The fraction of sp³-hybridized carbons (Fsp3) is 0.316. The van der Waals surface area contributed by atoms with Gasteiger partial charge in [0.15, 0.2) is 0 Å². The average Bonchev–Trinajstić information content (AvgIpc) is 3.12. The lowest BCUT2D eigenvalue weighted by atomic mass is 9.89. The highest BCUT2D eigenvalue weighted by Gasteiger charge is 2.50. The Bertz CT molecular complexity index is 682. The normalized spacial score (nSPS) is 27.2. The molecule has 112 valence electrons. The van der Waals surface area contributed by atoms with E-state index in [-0.39, 0.29) is 17.9 Å². The molecule has 1 amide bonds. The molecule has 2 aromatic carbocycles. The second-order valence-electron chi connectivity index (χ2n) is 6.24. The number of carbonyl (C=O) groups excluding carboxylic acids is 1. The van der Waals surface area contributed by atoms with E-state index >= 15 is 0 Å². The Morgan fingerprint density at radius 3 is 2.41 bits per heavy atom. The Balaban J connectivity index is 1.80. The minimum Gasteiger partial charge on any atom is -0.304 e. The van der Waals surface area contributed by atoms with Crippen molar-refractivity contribution in [2.24, 2.45) is 11.8 Å². The summed E-state index contributed by atoms with van der Waals surface area (Å²) in [6, 6.07) is 18.2. The number of carbonyl (C=O) groups is 1. The fourth-order valence-electron chi connectivity index (χ4n) is 4.11. The molecule has 0 aromatic heterocycles. The van der Waals surface area contributed by atoms with Gasteiger partial charge in [0.2, 0.25) is 5.91 Å². The molecular formula is C19H18ClNO. The maximum absolute atomic E-state index is 12.9. The number of hydrogen-bond donors (Lipinski definition) is 0. The van der Waals surface area contributed by atoms with Gasteiger partial charge in [0, 0.05) is 16.6 Å². The molecule has 2 aromatic rings. The lowest BCUT2D eigenvalue weighted by Gasteiger charge is -2.28. The van der Waals surface area contributed by atoms with Crippen LogP contribution < -0.4 is 4.90 Å². The number of rotatable bonds is 2. The molecule has 2 aliphatic rings. The molecule has 0 bridgehead atoms. The first-order valence-electron chi connectivity index (χ1n) is 7.89. The van der Waals surface area contributed by atoms with Crippen LogP contribution in [-0.2, 0) is 4.79 Å². The highest BCUT2D eigenvalue weighted by Crippen LogP contribution is 2.51. The molecule has 3 heteroatoms. The zero-order chi connectivity index (χ0) is 15.1. The first-order valence-corrected chi connectivity index (χ1v) is 8.27. The summed E-state index contributed by atoms with van der Waals surface area (Å²) >= 11 is 6.03. The number of hydrogen-bond acceptors (Lipinski definition) is 1. The average molecular weight is 312 g/mol. The van der Waals surface area contributed by atoms with Gasteiger partial charge < -0.3 is 4.90 Å². The van der Waals surface area contributed by atoms with Gasteiger partial charge in [-0.25, -0.2) is 0 Å². The molecule has 3 unspecified atom stereocenters. The van der Waals surface area contributed by atoms with Crippen molar-refractivity contribution >= 4 is 23.2 Å². The summed E-state index contributed by atoms with van der Waals surface area (Å²) in [5.41, 5.74) is 2.19. The lowest BCUT2D eigenvalue weighted by Crippen LogP contribution is -2.30. The number of para-hydroxylation sites is 1. The van der Waals surface area contributed by atoms with Gasteiger partial charge in [0.1, 0.15) is 0 Å². The first kappa shape index (κ1) is 13.8. The molecule has 0 radical (unpaired) electrons. The van der Waals surface area contributed by atoms with Gasteiger partial charge in [-0.15, -0.1) is 0 Å². The molecule has 4 rings (SSSR count). The maximum Gasteiger partial charge on any atom is 0.231 e. The first-order chi connectivity index (χ1) is 10.8. The van der Waals surface area contributed by atoms with Crippen LogP contribution in [0.4, 0.5) is 5.69 Å². The summed E-state index contributed by atoms with van der Waals surface area (Å²) in [5.74, 6) is 0.892. The van der Waals surface area contributed by atoms with E-state index < -0.39 is 0 Å². The molecule has 2 nitrogen and oxygen atoms in total. The van der Waals surface area contributed by atoms with Gasteiger partial charge in [-0.1, -0.05) is 48.4 Å². The molecule has 3 atom stereocenters. The quantitative estimate of drug-likeness (QED) is 0.777. The van der Waals surface area contributed by atoms with Crippen LogP contribution in [0.15, 0.2) is 54.6 Å². The van der Waals surface area contributed by atoms with Crippen molar-refractivity contribution in [3.63, 3.8) is 0 Å². The summed E-state index contributed by atoms with van der Waals surface area (Å²) in [7, 11) is 0. The SMILES string of the molecule is O=C1C2CCCC2C(c2ccc(Cl)cc2)N1c1ccccc1. The molecule has 1 saturated carbocycles. The van der Waals surface area contributed by atoms with Gasteiger partial charge in [-0.2, -0.15) is 0 Å². The molecule has 1 heterocycles. The van der Waals surface area contributed by atoms with E-state index in [0.29, 0.717) is 5.92 Å². The highest BCUT2D eigenvalue weighted by atomic mass is 35.5. The van der Waals surface area contributed by atoms with Crippen molar-refractivity contribution in [2.45, 2.75) is 25.3 Å². The third-order valence-corrected chi connectivity index (χ3v) is 5.31. The number of fused-ring (bicyclic) bond motifs is 1. The third-order valence-electron chi connectivity index (χ3n) is 5.05.